The van der Waals surface area contributed by atoms with Crippen molar-refractivity contribution in [3.8, 4) is 0 Å². The topological polar surface area (TPSA) is 107 Å². The Kier molecular flexibility index (Phi) is 4.30. The molecule has 7 aliphatic rings. The number of carbonyl (C=O) groups is 4. The molecule has 0 aromatic rings. The van der Waals surface area contributed by atoms with E-state index in [-0.39, 0.29) is 53.2 Å². The van der Waals surface area contributed by atoms with Crippen molar-refractivity contribution in [1.82, 2.24) is 0 Å². The van der Waals surface area contributed by atoms with Crippen LogP contribution < -0.4 is 0 Å². The SMILES string of the molecule is C=C1C(=O)O[C@@H]2C[C@@H](C)[C@@H]3[C@@H]4CC(=O)C3(C[C@H]12)[C@@]1(C4)C(=O)OC2C[C@@H](C)[C@@H]3C=CC(=O)[C@@]3(C)C(O)C21. The maximum Gasteiger partial charge on any atom is 0.334 e. The van der Waals surface area contributed by atoms with Crippen LogP contribution in [0.3, 0.4) is 0 Å². The summed E-state index contributed by atoms with van der Waals surface area (Å²) >= 11 is 0. The van der Waals surface area contributed by atoms with Crippen molar-refractivity contribution < 1.29 is 33.8 Å². The average Bonchev–Trinajstić information content (AvgIpc) is 3.48. The molecular weight excluding hydrogens is 460 g/mol. The molecule has 7 nitrogen and oxygen atoms in total. The third-order valence-electron chi connectivity index (χ3n) is 12.0. The molecule has 0 radical (unpaired) electrons. The van der Waals surface area contributed by atoms with Crippen LogP contribution in [0, 0.1) is 57.7 Å². The van der Waals surface area contributed by atoms with Gasteiger partial charge in [-0.15, -0.1) is 0 Å². The summed E-state index contributed by atoms with van der Waals surface area (Å²) in [4.78, 5) is 54.0. The minimum absolute atomic E-state index is 0.00970. The second-order valence-corrected chi connectivity index (χ2v) is 13.2. The number of Topliss-reactive ketones (excluding diaryl/α,β-unsaturated/α-hetero) is 1. The van der Waals surface area contributed by atoms with Crippen LogP contribution in [-0.2, 0) is 28.7 Å². The zero-order valence-electron chi connectivity index (χ0n) is 21.1. The molecule has 0 aromatic carbocycles. The first kappa shape index (κ1) is 22.9. The number of carbonyl (C=O) groups excluding carboxylic acids is 4. The van der Waals surface area contributed by atoms with Crippen LogP contribution >= 0.6 is 0 Å². The summed E-state index contributed by atoms with van der Waals surface area (Å²) in [5.74, 6) is -1.99. The van der Waals surface area contributed by atoms with Gasteiger partial charge in [0.25, 0.3) is 0 Å². The van der Waals surface area contributed by atoms with Gasteiger partial charge in [0.05, 0.1) is 16.9 Å². The van der Waals surface area contributed by atoms with Gasteiger partial charge >= 0.3 is 11.9 Å². The third-order valence-corrected chi connectivity index (χ3v) is 12.0. The summed E-state index contributed by atoms with van der Waals surface area (Å²) in [7, 11) is 0. The van der Waals surface area contributed by atoms with Crippen molar-refractivity contribution in [2.45, 2.75) is 71.2 Å². The Bertz CT molecular complexity index is 1170. The van der Waals surface area contributed by atoms with E-state index in [0.29, 0.717) is 37.7 Å². The van der Waals surface area contributed by atoms with Crippen LogP contribution in [0.15, 0.2) is 24.3 Å². The molecule has 4 saturated carbocycles. The van der Waals surface area contributed by atoms with E-state index in [1.165, 1.54) is 0 Å². The highest BCUT2D eigenvalue weighted by molar-refractivity contribution is 6.00. The average molecular weight is 495 g/mol. The minimum Gasteiger partial charge on any atom is -0.461 e. The van der Waals surface area contributed by atoms with Crippen molar-refractivity contribution >= 4 is 23.5 Å². The number of ketones is 2. The lowest BCUT2D eigenvalue weighted by atomic mass is 9.49. The summed E-state index contributed by atoms with van der Waals surface area (Å²) in [6, 6.07) is 0. The molecule has 2 aliphatic heterocycles. The Morgan fingerprint density at radius 1 is 0.972 bits per heavy atom. The van der Waals surface area contributed by atoms with Gasteiger partial charge in [-0.1, -0.05) is 26.5 Å². The standard InChI is InChI=1S/C29H34O7/c1-12-7-19-23(24(32)27(4)17(12)5-6-20(27)30)29(26(34)36-19)10-15-9-21(31)28(29)11-16-14(3)25(33)35-18(16)8-13(2)22(15)28/h5-6,12-13,15-19,22-24,32H,3,7-11H2,1-2,4H3/t12-,13-,15-,16-,17+,18-,19?,22-,23?,24?,27+,28?,29-/m1/s1. The number of hydrogen-bond acceptors (Lipinski definition) is 7. The molecule has 192 valence electrons. The first-order valence-corrected chi connectivity index (χ1v) is 13.5. The van der Waals surface area contributed by atoms with E-state index in [1.54, 1.807) is 6.08 Å². The van der Waals surface area contributed by atoms with Gasteiger partial charge in [0, 0.05) is 29.2 Å². The zero-order valence-corrected chi connectivity index (χ0v) is 21.1. The zero-order chi connectivity index (χ0) is 25.5. The first-order chi connectivity index (χ1) is 17.0. The molecule has 6 fully saturated rings. The quantitative estimate of drug-likeness (QED) is 0.408. The molecule has 4 unspecified atom stereocenters. The summed E-state index contributed by atoms with van der Waals surface area (Å²) in [6.45, 7) is 10.00. The Balaban J connectivity index is 1.43. The fourth-order valence-corrected chi connectivity index (χ4v) is 10.7. The number of ether oxygens (including phenoxy) is 2. The van der Waals surface area contributed by atoms with Gasteiger partial charge in [-0.05, 0) is 68.3 Å². The Morgan fingerprint density at radius 3 is 2.44 bits per heavy atom. The lowest BCUT2D eigenvalue weighted by molar-refractivity contribution is -0.169. The van der Waals surface area contributed by atoms with Crippen LogP contribution in [0.2, 0.25) is 0 Å². The van der Waals surface area contributed by atoms with Crippen molar-refractivity contribution in [3.05, 3.63) is 24.3 Å². The fourth-order valence-electron chi connectivity index (χ4n) is 10.7. The van der Waals surface area contributed by atoms with E-state index < -0.39 is 46.3 Å². The summed E-state index contributed by atoms with van der Waals surface area (Å²) in [5.41, 5.74) is -2.96. The largest absolute Gasteiger partial charge is 0.461 e. The van der Waals surface area contributed by atoms with Crippen molar-refractivity contribution in [1.29, 1.82) is 0 Å². The molecular formula is C29H34O7. The molecule has 1 N–H and O–H groups in total. The number of rotatable bonds is 0. The summed E-state index contributed by atoms with van der Waals surface area (Å²) in [5, 5.41) is 12.1. The first-order valence-electron chi connectivity index (χ1n) is 13.5. The fraction of sp³-hybridized carbons (Fsp3) is 0.724. The summed E-state index contributed by atoms with van der Waals surface area (Å²) in [6.07, 6.45) is 3.86. The normalized spacial score (nSPS) is 56.7. The molecule has 5 aliphatic carbocycles. The lowest BCUT2D eigenvalue weighted by Gasteiger charge is -2.49. The molecule has 7 rings (SSSR count). The van der Waals surface area contributed by atoms with Gasteiger partial charge in [-0.3, -0.25) is 14.4 Å². The van der Waals surface area contributed by atoms with E-state index in [4.69, 9.17) is 9.47 Å². The van der Waals surface area contributed by atoms with E-state index in [9.17, 15) is 24.3 Å². The van der Waals surface area contributed by atoms with Crippen molar-refractivity contribution in [3.63, 3.8) is 0 Å². The van der Waals surface area contributed by atoms with Crippen molar-refractivity contribution in [2.24, 2.45) is 57.7 Å². The molecule has 7 heteroatoms. The smallest absolute Gasteiger partial charge is 0.334 e. The highest BCUT2D eigenvalue weighted by Crippen LogP contribution is 2.77. The van der Waals surface area contributed by atoms with E-state index >= 15 is 0 Å². The second-order valence-electron chi connectivity index (χ2n) is 13.2. The van der Waals surface area contributed by atoms with Crippen LogP contribution in [0.25, 0.3) is 0 Å². The molecule has 36 heavy (non-hydrogen) atoms. The molecule has 0 aromatic heterocycles. The molecule has 2 saturated heterocycles. The van der Waals surface area contributed by atoms with Crippen molar-refractivity contribution in [2.75, 3.05) is 0 Å². The molecule has 0 amide bonds. The Labute approximate surface area is 210 Å². The molecule has 2 heterocycles. The van der Waals surface area contributed by atoms with Crippen LogP contribution in [0.1, 0.15) is 52.9 Å². The number of allylic oxidation sites excluding steroid dienone is 2. The van der Waals surface area contributed by atoms with Gasteiger partial charge in [0.2, 0.25) is 0 Å². The molecule has 2 bridgehead atoms. The highest BCUT2D eigenvalue weighted by Gasteiger charge is 2.83. The van der Waals surface area contributed by atoms with E-state index in [0.717, 1.165) is 0 Å². The van der Waals surface area contributed by atoms with Crippen LogP contribution in [0.4, 0.5) is 0 Å². The van der Waals surface area contributed by atoms with E-state index in [1.807, 2.05) is 13.0 Å². The predicted molar refractivity (Wildman–Crippen MR) is 126 cm³/mol. The van der Waals surface area contributed by atoms with Crippen LogP contribution in [0.5, 0.6) is 0 Å². The highest BCUT2D eigenvalue weighted by atomic mass is 16.6. The van der Waals surface area contributed by atoms with Crippen LogP contribution in [-0.4, -0.2) is 46.9 Å². The van der Waals surface area contributed by atoms with Gasteiger partial charge in [0.1, 0.15) is 18.0 Å². The van der Waals surface area contributed by atoms with Gasteiger partial charge < -0.3 is 14.6 Å². The number of hydrogen-bond donors (Lipinski definition) is 1. The number of aliphatic hydroxyl groups is 1. The predicted octanol–water partition coefficient (Wildman–Crippen LogP) is 2.80. The van der Waals surface area contributed by atoms with E-state index in [2.05, 4.69) is 20.4 Å². The Morgan fingerprint density at radius 2 is 1.69 bits per heavy atom. The lowest BCUT2D eigenvalue weighted by Crippen LogP contribution is -2.59. The monoisotopic (exact) mass is 494 g/mol. The number of esters is 2. The third kappa shape index (κ3) is 2.24. The summed E-state index contributed by atoms with van der Waals surface area (Å²) < 4.78 is 11.8. The van der Waals surface area contributed by atoms with Gasteiger partial charge in [-0.25, -0.2) is 4.79 Å². The second kappa shape index (κ2) is 6.77. The van der Waals surface area contributed by atoms with Gasteiger partial charge in [-0.2, -0.15) is 0 Å². The molecule has 13 atom stereocenters. The maximum atomic E-state index is 14.2. The maximum absolute atomic E-state index is 14.2. The number of fused-ring (bicyclic) bond motifs is 4. The molecule has 1 spiro atoms. The van der Waals surface area contributed by atoms with Gasteiger partial charge in [0.15, 0.2) is 5.78 Å². The Hall–Kier alpha value is -2.28. The minimum atomic E-state index is -1.21. The number of aliphatic hydroxyl groups excluding tert-OH is 1.